The number of nitrogens with zero attached hydrogens (tertiary/aromatic N) is 5. The van der Waals surface area contributed by atoms with Crippen LogP contribution in [0.1, 0.15) is 6.42 Å². The second kappa shape index (κ2) is 9.32. The molecule has 196 valence electrons. The first-order chi connectivity index (χ1) is 18.6. The van der Waals surface area contributed by atoms with Gasteiger partial charge >= 0.3 is 6.09 Å². The van der Waals surface area contributed by atoms with Crippen molar-refractivity contribution in [1.82, 2.24) is 14.9 Å². The van der Waals surface area contributed by atoms with Crippen molar-refractivity contribution in [3.8, 4) is 5.88 Å². The number of benzene rings is 1. The summed E-state index contributed by atoms with van der Waals surface area (Å²) in [6.07, 6.45) is 2.42. The molecule has 3 aromatic rings. The number of nitrogens with one attached hydrogen (secondary N) is 1. The number of amides is 2. The molecule has 0 spiro atoms. The molecule has 10 nitrogen and oxygen atoms in total. The molecule has 1 aromatic carbocycles. The number of hydrogen-bond donors (Lipinski definition) is 1. The summed E-state index contributed by atoms with van der Waals surface area (Å²) < 4.78 is 11.1. The van der Waals surface area contributed by atoms with Gasteiger partial charge < -0.3 is 19.7 Å². The second-order valence-electron chi connectivity index (χ2n) is 10.2. The Hall–Kier alpha value is -3.57. The highest BCUT2D eigenvalue weighted by atomic mass is 32.2. The van der Waals surface area contributed by atoms with Crippen LogP contribution >= 0.6 is 11.8 Å². The van der Waals surface area contributed by atoms with Gasteiger partial charge in [0.05, 0.1) is 36.3 Å². The number of carbonyl (C=O) groups excluding carboxylic acids is 2. The largest absolute Gasteiger partial charge is 0.481 e. The normalized spacial score (nSPS) is 24.9. The Balaban J connectivity index is 1.04. The summed E-state index contributed by atoms with van der Waals surface area (Å²) in [5.41, 5.74) is 4.32. The first-order valence-electron chi connectivity index (χ1n) is 12.9. The summed E-state index contributed by atoms with van der Waals surface area (Å²) >= 11 is 1.51. The van der Waals surface area contributed by atoms with Gasteiger partial charge in [-0.3, -0.25) is 19.6 Å². The minimum absolute atomic E-state index is 0.0233. The number of rotatable bonds is 5. The van der Waals surface area contributed by atoms with Crippen LogP contribution in [0.2, 0.25) is 0 Å². The number of methoxy groups -OCH3 is 1. The predicted octanol–water partition coefficient (Wildman–Crippen LogP) is 3.22. The Morgan fingerprint density at radius 2 is 2.08 bits per heavy atom. The average molecular weight is 533 g/mol. The molecule has 0 bridgehead atoms. The Kier molecular flexibility index (Phi) is 5.77. The van der Waals surface area contributed by atoms with Gasteiger partial charge in [-0.2, -0.15) is 0 Å². The summed E-state index contributed by atoms with van der Waals surface area (Å²) in [7, 11) is 1.63. The number of carbonyl (C=O) groups is 2. The van der Waals surface area contributed by atoms with E-state index in [4.69, 9.17) is 14.5 Å². The van der Waals surface area contributed by atoms with Crippen LogP contribution in [-0.4, -0.2) is 84.6 Å². The smallest absolute Gasteiger partial charge is 0.414 e. The fourth-order valence-electron chi connectivity index (χ4n) is 6.19. The first-order valence-corrected chi connectivity index (χ1v) is 13.9. The van der Waals surface area contributed by atoms with Gasteiger partial charge in [-0.05, 0) is 42.7 Å². The van der Waals surface area contributed by atoms with Gasteiger partial charge in [0, 0.05) is 55.1 Å². The van der Waals surface area contributed by atoms with E-state index in [2.05, 4.69) is 26.2 Å². The minimum atomic E-state index is -0.339. The van der Waals surface area contributed by atoms with E-state index in [1.165, 1.54) is 11.8 Å². The Morgan fingerprint density at radius 3 is 2.97 bits per heavy atom. The molecule has 0 unspecified atom stereocenters. The quantitative estimate of drug-likeness (QED) is 0.531. The molecule has 1 N–H and O–H groups in total. The molecular formula is C27H28N6O4S. The van der Waals surface area contributed by atoms with Crippen LogP contribution in [0, 0.1) is 5.92 Å². The standard InChI is InChI=1S/C27H28N6O4S/c1-36-25-5-3-19-26(30-25)21(6-8-28-19)32-9-7-16-11-31(14-22(16)32)12-18-13-33(27(35)37-18)17-2-4-23-20(10-17)29-24(34)15-38-23/h2-6,8,10,16,18,22H,7,9,11-15H2,1H3,(H,29,34)/t16-,18-,22+/m1/s1. The molecule has 0 radical (unpaired) electrons. The highest BCUT2D eigenvalue weighted by Crippen LogP contribution is 2.39. The second-order valence-corrected chi connectivity index (χ2v) is 11.2. The van der Waals surface area contributed by atoms with E-state index in [1.807, 2.05) is 36.5 Å². The van der Waals surface area contributed by atoms with Crippen molar-refractivity contribution >= 4 is 51.9 Å². The molecular weight excluding hydrogens is 504 g/mol. The number of hydrogen-bond acceptors (Lipinski definition) is 9. The summed E-state index contributed by atoms with van der Waals surface area (Å²) in [4.78, 5) is 41.3. The van der Waals surface area contributed by atoms with Crippen molar-refractivity contribution in [1.29, 1.82) is 0 Å². The van der Waals surface area contributed by atoms with E-state index in [1.54, 1.807) is 12.0 Å². The van der Waals surface area contributed by atoms with Crippen LogP contribution < -0.4 is 19.9 Å². The van der Waals surface area contributed by atoms with Gasteiger partial charge in [0.15, 0.2) is 0 Å². The maximum Gasteiger partial charge on any atom is 0.414 e. The third-order valence-electron chi connectivity index (χ3n) is 7.92. The van der Waals surface area contributed by atoms with Gasteiger partial charge in [0.1, 0.15) is 11.6 Å². The van der Waals surface area contributed by atoms with Crippen molar-refractivity contribution in [3.05, 3.63) is 42.6 Å². The molecule has 38 heavy (non-hydrogen) atoms. The van der Waals surface area contributed by atoms with Crippen molar-refractivity contribution < 1.29 is 19.1 Å². The van der Waals surface area contributed by atoms with Crippen molar-refractivity contribution in [2.75, 3.05) is 60.7 Å². The minimum Gasteiger partial charge on any atom is -0.481 e. The van der Waals surface area contributed by atoms with Gasteiger partial charge in [-0.1, -0.05) is 0 Å². The van der Waals surface area contributed by atoms with E-state index >= 15 is 0 Å². The molecule has 2 amide bonds. The molecule has 4 aliphatic rings. The predicted molar refractivity (Wildman–Crippen MR) is 145 cm³/mol. The average Bonchev–Trinajstić information content (AvgIpc) is 3.61. The molecule has 3 atom stereocenters. The number of thioether (sulfide) groups is 1. The summed E-state index contributed by atoms with van der Waals surface area (Å²) in [5.74, 6) is 1.53. The molecule has 11 heteroatoms. The summed E-state index contributed by atoms with van der Waals surface area (Å²) in [6, 6.07) is 12.0. The molecule has 6 heterocycles. The van der Waals surface area contributed by atoms with Crippen LogP contribution in [-0.2, 0) is 9.53 Å². The van der Waals surface area contributed by atoms with Crippen molar-refractivity contribution in [3.63, 3.8) is 0 Å². The fraction of sp³-hybridized carbons (Fsp3) is 0.407. The van der Waals surface area contributed by atoms with Crippen molar-refractivity contribution in [2.24, 2.45) is 5.92 Å². The summed E-state index contributed by atoms with van der Waals surface area (Å²) in [6.45, 7) is 4.07. The molecule has 0 aliphatic carbocycles. The number of fused-ring (bicyclic) bond motifs is 3. The molecule has 3 fully saturated rings. The van der Waals surface area contributed by atoms with Gasteiger partial charge in [0.25, 0.3) is 0 Å². The van der Waals surface area contributed by atoms with E-state index in [0.29, 0.717) is 36.7 Å². The zero-order valence-corrected chi connectivity index (χ0v) is 21.8. The Bertz CT molecular complexity index is 1440. The van der Waals surface area contributed by atoms with Gasteiger partial charge in [0.2, 0.25) is 11.8 Å². The number of likely N-dealkylation sites (tertiary alicyclic amines) is 1. The zero-order valence-electron chi connectivity index (χ0n) is 21.0. The highest BCUT2D eigenvalue weighted by molar-refractivity contribution is 8.00. The maximum atomic E-state index is 12.8. The first kappa shape index (κ1) is 23.5. The lowest BCUT2D eigenvalue weighted by Gasteiger charge is -2.28. The number of cyclic esters (lactones) is 1. The maximum absolute atomic E-state index is 12.8. The lowest BCUT2D eigenvalue weighted by atomic mass is 10.0. The van der Waals surface area contributed by atoms with E-state index in [0.717, 1.165) is 59.0 Å². The Labute approximate surface area is 224 Å². The van der Waals surface area contributed by atoms with Crippen LogP contribution in [0.3, 0.4) is 0 Å². The van der Waals surface area contributed by atoms with E-state index in [9.17, 15) is 9.59 Å². The van der Waals surface area contributed by atoms with Crippen LogP contribution in [0.4, 0.5) is 21.9 Å². The third-order valence-corrected chi connectivity index (χ3v) is 9.00. The molecule has 4 aliphatic heterocycles. The van der Waals surface area contributed by atoms with E-state index < -0.39 is 0 Å². The van der Waals surface area contributed by atoms with Crippen LogP contribution in [0.25, 0.3) is 11.0 Å². The Morgan fingerprint density at radius 1 is 1.16 bits per heavy atom. The highest BCUT2D eigenvalue weighted by Gasteiger charge is 2.44. The van der Waals surface area contributed by atoms with Crippen LogP contribution in [0.15, 0.2) is 47.5 Å². The van der Waals surface area contributed by atoms with E-state index in [-0.39, 0.29) is 18.1 Å². The summed E-state index contributed by atoms with van der Waals surface area (Å²) in [5, 5.41) is 2.90. The van der Waals surface area contributed by atoms with Crippen molar-refractivity contribution in [2.45, 2.75) is 23.5 Å². The SMILES string of the molecule is COc1ccc2nccc(N3CC[C@@H]4CN(C[C@@H]5CN(c6ccc7c(c6)NC(=O)CS7)C(=O)O5)C[C@@H]43)c2n1. The molecule has 0 saturated carbocycles. The molecule has 3 saturated heterocycles. The number of pyridine rings is 2. The molecule has 2 aromatic heterocycles. The number of aromatic nitrogens is 2. The number of ether oxygens (including phenoxy) is 2. The molecule has 7 rings (SSSR count). The van der Waals surface area contributed by atoms with Crippen LogP contribution in [0.5, 0.6) is 5.88 Å². The zero-order chi connectivity index (χ0) is 25.8. The number of anilines is 3. The fourth-order valence-corrected chi connectivity index (χ4v) is 6.98. The third kappa shape index (κ3) is 4.10. The topological polar surface area (TPSA) is 100 Å². The monoisotopic (exact) mass is 532 g/mol. The lowest BCUT2D eigenvalue weighted by Crippen LogP contribution is -2.38. The lowest BCUT2D eigenvalue weighted by molar-refractivity contribution is -0.113. The van der Waals surface area contributed by atoms with Gasteiger partial charge in [-0.25, -0.2) is 9.78 Å². The van der Waals surface area contributed by atoms with Gasteiger partial charge in [-0.15, -0.1) is 11.8 Å².